The Labute approximate surface area is 193 Å². The number of piperazine rings is 1. The van der Waals surface area contributed by atoms with E-state index >= 15 is 0 Å². The van der Waals surface area contributed by atoms with E-state index in [2.05, 4.69) is 10.9 Å². The van der Waals surface area contributed by atoms with Gasteiger partial charge < -0.3 is 10.1 Å². The number of carbonyl (C=O) groups excluding carboxylic acids is 1. The Balaban J connectivity index is 1.29. The number of terminal acetylenes is 1. The van der Waals surface area contributed by atoms with Gasteiger partial charge in [0, 0.05) is 54.3 Å². The number of aromatic nitrogens is 1. The van der Waals surface area contributed by atoms with Crippen LogP contribution in [0, 0.1) is 12.3 Å². The molecule has 1 fully saturated rings. The van der Waals surface area contributed by atoms with Crippen LogP contribution >= 0.6 is 22.7 Å². The van der Waals surface area contributed by atoms with Gasteiger partial charge in [-0.2, -0.15) is 9.37 Å². The van der Waals surface area contributed by atoms with Crippen molar-refractivity contribution in [2.45, 2.75) is 17.2 Å². The third-order valence-corrected chi connectivity index (χ3v) is 10.2. The number of hydroxylamine groups is 2. The van der Waals surface area contributed by atoms with Crippen molar-refractivity contribution in [3.05, 3.63) is 45.4 Å². The lowest BCUT2D eigenvalue weighted by Crippen LogP contribution is -2.50. The fourth-order valence-electron chi connectivity index (χ4n) is 3.89. The Morgan fingerprint density at radius 1 is 1.12 bits per heavy atom. The molecule has 5 rings (SSSR count). The summed E-state index contributed by atoms with van der Waals surface area (Å²) in [6.07, 6.45) is 6.05. The quantitative estimate of drug-likeness (QED) is 0.569. The van der Waals surface area contributed by atoms with Crippen LogP contribution in [0.3, 0.4) is 0 Å². The summed E-state index contributed by atoms with van der Waals surface area (Å²) in [6.45, 7) is 1.95. The molecule has 11 heteroatoms. The number of sulfonamides is 1. The van der Waals surface area contributed by atoms with E-state index in [1.807, 2.05) is 12.1 Å². The van der Waals surface area contributed by atoms with Gasteiger partial charge in [-0.05, 0) is 23.6 Å². The lowest BCUT2D eigenvalue weighted by Gasteiger charge is -2.33. The number of hydrogen-bond donors (Lipinski definition) is 1. The van der Waals surface area contributed by atoms with Crippen molar-refractivity contribution >= 4 is 48.7 Å². The second kappa shape index (κ2) is 8.22. The van der Waals surface area contributed by atoms with E-state index in [0.717, 1.165) is 20.7 Å². The molecule has 0 radical (unpaired) electrons. The number of benzene rings is 1. The zero-order valence-corrected chi connectivity index (χ0v) is 19.5. The van der Waals surface area contributed by atoms with E-state index < -0.39 is 10.0 Å². The van der Waals surface area contributed by atoms with Gasteiger partial charge in [-0.15, -0.1) is 29.1 Å². The van der Waals surface area contributed by atoms with Gasteiger partial charge in [-0.1, -0.05) is 12.0 Å². The Morgan fingerprint density at radius 2 is 1.91 bits per heavy atom. The lowest BCUT2D eigenvalue weighted by molar-refractivity contribution is -0.102. The SMILES string of the molecule is C#Cc1ccc2cc(S(=O)(=O)N3CCN(C(=O)c4nc5c(s4)CN(O)CC5)CC3)sc2c1. The Bertz CT molecular complexity index is 1350. The molecule has 0 spiro atoms. The standard InChI is InChI=1S/C21H20N4O4S3/c1-2-14-3-4-15-12-19(30-17(15)11-14)32(28,29)25-9-7-23(8-10-25)21(26)20-22-16-5-6-24(27)13-18(16)31-20/h1,3-4,11-12,27H,5-10,13H2. The molecule has 8 nitrogen and oxygen atoms in total. The summed E-state index contributed by atoms with van der Waals surface area (Å²) >= 11 is 2.51. The number of carbonyl (C=O) groups is 1. The highest BCUT2D eigenvalue weighted by atomic mass is 32.2. The zero-order valence-electron chi connectivity index (χ0n) is 17.0. The number of nitrogens with zero attached hydrogens (tertiary/aromatic N) is 4. The van der Waals surface area contributed by atoms with Gasteiger partial charge in [-0.3, -0.25) is 4.79 Å². The Hall–Kier alpha value is -2.33. The van der Waals surface area contributed by atoms with Gasteiger partial charge in [0.2, 0.25) is 0 Å². The maximum atomic E-state index is 13.2. The average Bonchev–Trinajstić information content (AvgIpc) is 3.42. The highest BCUT2D eigenvalue weighted by molar-refractivity contribution is 7.91. The third-order valence-electron chi connectivity index (χ3n) is 5.68. The maximum absolute atomic E-state index is 13.2. The smallest absolute Gasteiger partial charge is 0.282 e. The molecule has 4 heterocycles. The highest BCUT2D eigenvalue weighted by Gasteiger charge is 2.33. The summed E-state index contributed by atoms with van der Waals surface area (Å²) in [6, 6.07) is 7.13. The molecule has 0 aliphatic carbocycles. The number of rotatable bonds is 3. The van der Waals surface area contributed by atoms with Crippen LogP contribution in [0.2, 0.25) is 0 Å². The second-order valence-electron chi connectivity index (χ2n) is 7.69. The van der Waals surface area contributed by atoms with Crippen LogP contribution < -0.4 is 0 Å². The topological polar surface area (TPSA) is 94.1 Å². The van der Waals surface area contributed by atoms with Gasteiger partial charge in [0.1, 0.15) is 4.21 Å². The van der Waals surface area contributed by atoms with Gasteiger partial charge in [0.05, 0.1) is 12.2 Å². The minimum Gasteiger partial charge on any atom is -0.334 e. The molecular weight excluding hydrogens is 468 g/mol. The Kier molecular flexibility index (Phi) is 5.53. The van der Waals surface area contributed by atoms with Crippen molar-refractivity contribution in [2.24, 2.45) is 0 Å². The van der Waals surface area contributed by atoms with Crippen LogP contribution in [0.5, 0.6) is 0 Å². The lowest BCUT2D eigenvalue weighted by atomic mass is 10.2. The second-order valence-corrected chi connectivity index (χ2v) is 12.0. The van der Waals surface area contributed by atoms with Crippen LogP contribution in [0.25, 0.3) is 10.1 Å². The molecule has 1 N–H and O–H groups in total. The minimum absolute atomic E-state index is 0.186. The predicted octanol–water partition coefficient (Wildman–Crippen LogP) is 2.23. The minimum atomic E-state index is -3.65. The molecule has 3 aromatic rings. The monoisotopic (exact) mass is 488 g/mol. The van der Waals surface area contributed by atoms with E-state index in [1.165, 1.54) is 32.0 Å². The summed E-state index contributed by atoms with van der Waals surface area (Å²) in [5.74, 6) is 2.38. The fourth-order valence-corrected chi connectivity index (χ4v) is 7.99. The molecule has 1 saturated heterocycles. The van der Waals surface area contributed by atoms with Crippen molar-refractivity contribution < 1.29 is 18.4 Å². The van der Waals surface area contributed by atoms with Crippen LogP contribution in [-0.2, 0) is 23.0 Å². The van der Waals surface area contributed by atoms with Crippen LogP contribution in [0.1, 0.15) is 25.9 Å². The summed E-state index contributed by atoms with van der Waals surface area (Å²) in [5.41, 5.74) is 1.58. The van der Waals surface area contributed by atoms with Gasteiger partial charge in [0.25, 0.3) is 15.9 Å². The molecule has 2 aliphatic heterocycles. The van der Waals surface area contributed by atoms with Gasteiger partial charge in [0.15, 0.2) is 5.01 Å². The van der Waals surface area contributed by atoms with Crippen LogP contribution in [0.15, 0.2) is 28.5 Å². The van der Waals surface area contributed by atoms with Gasteiger partial charge >= 0.3 is 0 Å². The number of thiazole rings is 1. The molecule has 0 atom stereocenters. The molecule has 32 heavy (non-hydrogen) atoms. The molecule has 1 amide bonds. The molecule has 0 unspecified atom stereocenters. The summed E-state index contributed by atoms with van der Waals surface area (Å²) in [5, 5.41) is 12.1. The van der Waals surface area contributed by atoms with E-state index in [-0.39, 0.29) is 23.2 Å². The van der Waals surface area contributed by atoms with Gasteiger partial charge in [-0.25, -0.2) is 13.4 Å². The summed E-state index contributed by atoms with van der Waals surface area (Å²) in [7, 11) is -3.65. The largest absolute Gasteiger partial charge is 0.334 e. The summed E-state index contributed by atoms with van der Waals surface area (Å²) in [4.78, 5) is 19.9. The molecule has 0 bridgehead atoms. The van der Waals surface area contributed by atoms with E-state index in [4.69, 9.17) is 6.42 Å². The van der Waals surface area contributed by atoms with Crippen molar-refractivity contribution in [1.29, 1.82) is 0 Å². The zero-order chi connectivity index (χ0) is 22.5. The first-order valence-corrected chi connectivity index (χ1v) is 13.1. The highest BCUT2D eigenvalue weighted by Crippen LogP contribution is 2.32. The third kappa shape index (κ3) is 3.83. The predicted molar refractivity (Wildman–Crippen MR) is 122 cm³/mol. The first-order valence-electron chi connectivity index (χ1n) is 10.1. The average molecular weight is 489 g/mol. The van der Waals surface area contributed by atoms with Crippen LogP contribution in [0.4, 0.5) is 0 Å². The number of amides is 1. The Morgan fingerprint density at radius 3 is 2.66 bits per heavy atom. The first-order chi connectivity index (χ1) is 15.3. The number of fused-ring (bicyclic) bond motifs is 2. The fraction of sp³-hybridized carbons (Fsp3) is 0.333. The van der Waals surface area contributed by atoms with Crippen molar-refractivity contribution in [3.8, 4) is 12.3 Å². The normalized spacial score (nSPS) is 17.9. The molecule has 2 aliphatic rings. The van der Waals surface area contributed by atoms with Crippen LogP contribution in [-0.4, -0.2) is 71.5 Å². The van der Waals surface area contributed by atoms with E-state index in [0.29, 0.717) is 43.2 Å². The molecule has 166 valence electrons. The molecular formula is C21H20N4O4S3. The number of thiophene rings is 1. The molecule has 1 aromatic carbocycles. The summed E-state index contributed by atoms with van der Waals surface area (Å²) < 4.78 is 28.9. The number of hydrogen-bond acceptors (Lipinski definition) is 8. The van der Waals surface area contributed by atoms with E-state index in [1.54, 1.807) is 17.0 Å². The first kappa shape index (κ1) is 21.5. The maximum Gasteiger partial charge on any atom is 0.282 e. The van der Waals surface area contributed by atoms with Crippen molar-refractivity contribution in [2.75, 3.05) is 32.7 Å². The van der Waals surface area contributed by atoms with E-state index in [9.17, 15) is 18.4 Å². The molecule has 0 saturated carbocycles. The van der Waals surface area contributed by atoms with Crippen molar-refractivity contribution in [1.82, 2.24) is 19.3 Å². The molecule has 2 aromatic heterocycles. The van der Waals surface area contributed by atoms with Crippen molar-refractivity contribution in [3.63, 3.8) is 0 Å².